The van der Waals surface area contributed by atoms with Gasteiger partial charge in [0.05, 0.1) is 31.0 Å². The summed E-state index contributed by atoms with van der Waals surface area (Å²) in [7, 11) is 0. The van der Waals surface area contributed by atoms with Crippen LogP contribution in [0.4, 0.5) is 5.82 Å². The van der Waals surface area contributed by atoms with Gasteiger partial charge in [0.25, 0.3) is 5.56 Å². The van der Waals surface area contributed by atoms with Crippen molar-refractivity contribution >= 4 is 16.7 Å². The van der Waals surface area contributed by atoms with Crippen LogP contribution in [-0.4, -0.2) is 44.0 Å². The van der Waals surface area contributed by atoms with E-state index in [9.17, 15) is 4.79 Å². The van der Waals surface area contributed by atoms with E-state index in [1.54, 1.807) is 24.7 Å². The Morgan fingerprint density at radius 3 is 3.04 bits per heavy atom. The molecule has 1 aliphatic heterocycles. The van der Waals surface area contributed by atoms with Crippen LogP contribution in [0.1, 0.15) is 11.9 Å². The van der Waals surface area contributed by atoms with E-state index >= 15 is 0 Å². The second-order valence-corrected chi connectivity index (χ2v) is 5.67. The molecule has 4 heterocycles. The van der Waals surface area contributed by atoms with Gasteiger partial charge in [-0.3, -0.25) is 9.78 Å². The first kappa shape index (κ1) is 14.7. The number of anilines is 1. The number of fused-ring (bicyclic) bond motifs is 1. The number of hydrogen-bond donors (Lipinski definition) is 1. The third kappa shape index (κ3) is 2.61. The molecule has 3 aromatic rings. The molecule has 2 unspecified atom stereocenters. The lowest BCUT2D eigenvalue weighted by Crippen LogP contribution is -2.37. The Balaban J connectivity index is 1.70. The minimum atomic E-state index is -0.189. The lowest BCUT2D eigenvalue weighted by Gasteiger charge is -2.21. The van der Waals surface area contributed by atoms with E-state index in [1.807, 2.05) is 13.0 Å². The second kappa shape index (κ2) is 5.97. The zero-order chi connectivity index (χ0) is 16.5. The van der Waals surface area contributed by atoms with Crippen molar-refractivity contribution in [2.24, 2.45) is 0 Å². The Hall–Kier alpha value is -2.87. The SMILES string of the molecule is Cc1nc(NC2COCC2n2ncccc2=O)c2ccncc2n1. The molecule has 0 radical (unpaired) electrons. The van der Waals surface area contributed by atoms with Gasteiger partial charge in [-0.15, -0.1) is 0 Å². The number of aromatic nitrogens is 5. The molecule has 1 saturated heterocycles. The minimum absolute atomic E-state index is 0.108. The van der Waals surface area contributed by atoms with E-state index in [-0.39, 0.29) is 17.6 Å². The summed E-state index contributed by atoms with van der Waals surface area (Å²) in [5.74, 6) is 1.37. The van der Waals surface area contributed by atoms with E-state index in [0.29, 0.717) is 24.9 Å². The van der Waals surface area contributed by atoms with Crippen LogP contribution in [0, 0.1) is 6.92 Å². The molecule has 0 spiro atoms. The lowest BCUT2D eigenvalue weighted by molar-refractivity contribution is 0.182. The number of hydrogen-bond acceptors (Lipinski definition) is 7. The standard InChI is InChI=1S/C16H16N6O2/c1-10-19-12-7-17-6-4-11(12)16(20-10)21-13-8-24-9-14(13)22-15(23)3-2-5-18-22/h2-7,13-14H,8-9H2,1H3,(H,19,20,21). The lowest BCUT2D eigenvalue weighted by atomic mass is 10.1. The van der Waals surface area contributed by atoms with Crippen molar-refractivity contribution in [1.29, 1.82) is 0 Å². The van der Waals surface area contributed by atoms with Gasteiger partial charge in [0, 0.05) is 23.8 Å². The zero-order valence-corrected chi connectivity index (χ0v) is 13.1. The van der Waals surface area contributed by atoms with E-state index in [1.165, 1.54) is 10.7 Å². The average Bonchev–Trinajstić information content (AvgIpc) is 3.03. The van der Waals surface area contributed by atoms with E-state index < -0.39 is 0 Å². The molecule has 1 aliphatic rings. The molecule has 0 amide bonds. The normalized spacial score (nSPS) is 20.4. The van der Waals surface area contributed by atoms with Crippen LogP contribution in [0.15, 0.2) is 41.6 Å². The summed E-state index contributed by atoms with van der Waals surface area (Å²) >= 11 is 0. The first-order chi connectivity index (χ1) is 11.7. The van der Waals surface area contributed by atoms with Crippen molar-refractivity contribution in [3.63, 3.8) is 0 Å². The van der Waals surface area contributed by atoms with Gasteiger partial charge in [-0.25, -0.2) is 14.6 Å². The number of pyridine rings is 1. The van der Waals surface area contributed by atoms with E-state index in [4.69, 9.17) is 4.74 Å². The number of nitrogens with zero attached hydrogens (tertiary/aromatic N) is 5. The van der Waals surface area contributed by atoms with Crippen LogP contribution >= 0.6 is 0 Å². The van der Waals surface area contributed by atoms with Gasteiger partial charge in [-0.1, -0.05) is 0 Å². The molecule has 1 fully saturated rings. The maximum atomic E-state index is 12.1. The molecule has 122 valence electrons. The summed E-state index contributed by atoms with van der Waals surface area (Å²) in [5.41, 5.74) is 0.630. The van der Waals surface area contributed by atoms with Crippen molar-refractivity contribution in [3.05, 3.63) is 53.0 Å². The molecule has 1 N–H and O–H groups in total. The molecule has 0 bridgehead atoms. The highest BCUT2D eigenvalue weighted by molar-refractivity contribution is 5.88. The summed E-state index contributed by atoms with van der Waals surface area (Å²) in [6.07, 6.45) is 5.02. The van der Waals surface area contributed by atoms with Crippen LogP contribution in [-0.2, 0) is 4.74 Å². The van der Waals surface area contributed by atoms with Gasteiger partial charge in [0.1, 0.15) is 17.7 Å². The highest BCUT2D eigenvalue weighted by atomic mass is 16.5. The van der Waals surface area contributed by atoms with Crippen LogP contribution < -0.4 is 10.9 Å². The van der Waals surface area contributed by atoms with Crippen molar-refractivity contribution < 1.29 is 4.74 Å². The minimum Gasteiger partial charge on any atom is -0.377 e. The maximum Gasteiger partial charge on any atom is 0.267 e. The molecule has 0 aliphatic carbocycles. The molecule has 4 rings (SSSR count). The monoisotopic (exact) mass is 324 g/mol. The Bertz CT molecular complexity index is 941. The first-order valence-corrected chi connectivity index (χ1v) is 7.69. The predicted molar refractivity (Wildman–Crippen MR) is 87.8 cm³/mol. The topological polar surface area (TPSA) is 94.8 Å². The van der Waals surface area contributed by atoms with Gasteiger partial charge in [-0.2, -0.15) is 5.10 Å². The summed E-state index contributed by atoms with van der Waals surface area (Å²) < 4.78 is 7.04. The number of aryl methyl sites for hydroxylation is 1. The molecule has 24 heavy (non-hydrogen) atoms. The molecule has 0 aromatic carbocycles. The van der Waals surface area contributed by atoms with E-state index in [2.05, 4.69) is 25.4 Å². The molecule has 3 aromatic heterocycles. The Morgan fingerprint density at radius 1 is 1.25 bits per heavy atom. The number of nitrogens with one attached hydrogen (secondary N) is 1. The second-order valence-electron chi connectivity index (χ2n) is 5.67. The molecular formula is C16H16N6O2. The van der Waals surface area contributed by atoms with Crippen LogP contribution in [0.5, 0.6) is 0 Å². The molecule has 8 heteroatoms. The molecule has 0 saturated carbocycles. The largest absolute Gasteiger partial charge is 0.377 e. The number of ether oxygens (including phenoxy) is 1. The zero-order valence-electron chi connectivity index (χ0n) is 13.1. The summed E-state index contributed by atoms with van der Waals surface area (Å²) in [6, 6.07) is 4.70. The summed E-state index contributed by atoms with van der Waals surface area (Å²) in [5, 5.41) is 8.45. The average molecular weight is 324 g/mol. The molecular weight excluding hydrogens is 308 g/mol. The fourth-order valence-electron chi connectivity index (χ4n) is 2.92. The predicted octanol–water partition coefficient (Wildman–Crippen LogP) is 0.942. The van der Waals surface area contributed by atoms with Crippen LogP contribution in [0.2, 0.25) is 0 Å². The van der Waals surface area contributed by atoms with E-state index in [0.717, 1.165) is 10.9 Å². The Kier molecular flexibility index (Phi) is 3.66. The van der Waals surface area contributed by atoms with Crippen LogP contribution in [0.25, 0.3) is 10.9 Å². The fourth-order valence-corrected chi connectivity index (χ4v) is 2.92. The quantitative estimate of drug-likeness (QED) is 0.766. The highest BCUT2D eigenvalue weighted by Crippen LogP contribution is 2.25. The first-order valence-electron chi connectivity index (χ1n) is 7.69. The van der Waals surface area contributed by atoms with Gasteiger partial charge in [-0.05, 0) is 19.1 Å². The van der Waals surface area contributed by atoms with Gasteiger partial charge < -0.3 is 10.1 Å². The maximum absolute atomic E-state index is 12.1. The highest BCUT2D eigenvalue weighted by Gasteiger charge is 2.31. The van der Waals surface area contributed by atoms with Crippen molar-refractivity contribution in [2.75, 3.05) is 18.5 Å². The van der Waals surface area contributed by atoms with Crippen molar-refractivity contribution in [1.82, 2.24) is 24.7 Å². The summed E-state index contributed by atoms with van der Waals surface area (Å²) in [6.45, 7) is 2.74. The fraction of sp³-hybridized carbons (Fsp3) is 0.312. The molecule has 2 atom stereocenters. The smallest absolute Gasteiger partial charge is 0.267 e. The Labute approximate surface area is 137 Å². The number of rotatable bonds is 3. The third-order valence-electron chi connectivity index (χ3n) is 4.04. The van der Waals surface area contributed by atoms with Gasteiger partial charge in [0.2, 0.25) is 0 Å². The van der Waals surface area contributed by atoms with Gasteiger partial charge in [0.15, 0.2) is 0 Å². The van der Waals surface area contributed by atoms with Crippen molar-refractivity contribution in [3.8, 4) is 0 Å². The van der Waals surface area contributed by atoms with Crippen molar-refractivity contribution in [2.45, 2.75) is 19.0 Å². The van der Waals surface area contributed by atoms with Crippen LogP contribution in [0.3, 0.4) is 0 Å². The molecule has 8 nitrogen and oxygen atoms in total. The van der Waals surface area contributed by atoms with Gasteiger partial charge >= 0.3 is 0 Å². The summed E-state index contributed by atoms with van der Waals surface area (Å²) in [4.78, 5) is 25.0. The third-order valence-corrected chi connectivity index (χ3v) is 4.04. The Morgan fingerprint density at radius 2 is 2.17 bits per heavy atom.